The van der Waals surface area contributed by atoms with Crippen LogP contribution in [0.2, 0.25) is 0 Å². The van der Waals surface area contributed by atoms with Gasteiger partial charge in [-0.25, -0.2) is 0 Å². The highest BCUT2D eigenvalue weighted by atomic mass is 32.1. The summed E-state index contributed by atoms with van der Waals surface area (Å²) >= 11 is 1.86. The zero-order chi connectivity index (χ0) is 22.0. The lowest BCUT2D eigenvalue weighted by atomic mass is 10.0. The molecule has 1 nitrogen and oxygen atoms in total. The lowest BCUT2D eigenvalue weighted by Crippen LogP contribution is -2.12. The Morgan fingerprint density at radius 1 is 0.515 bits per heavy atom. The van der Waals surface area contributed by atoms with E-state index in [2.05, 4.69) is 132 Å². The molecule has 0 aliphatic heterocycles. The molecule has 2 heteroatoms. The first kappa shape index (κ1) is 19.8. The van der Waals surface area contributed by atoms with Crippen LogP contribution in [0.1, 0.15) is 11.1 Å². The van der Waals surface area contributed by atoms with Crippen molar-refractivity contribution in [3.63, 3.8) is 0 Å². The molecule has 0 saturated carbocycles. The van der Waals surface area contributed by atoms with E-state index in [-0.39, 0.29) is 0 Å². The van der Waals surface area contributed by atoms with Gasteiger partial charge >= 0.3 is 0 Å². The third-order valence-corrected chi connectivity index (χ3v) is 7.24. The van der Waals surface area contributed by atoms with Gasteiger partial charge in [0.25, 0.3) is 0 Å². The van der Waals surface area contributed by atoms with Crippen LogP contribution in [0.25, 0.3) is 20.2 Å². The van der Waals surface area contributed by atoms with Crippen molar-refractivity contribution in [2.75, 3.05) is 4.90 Å². The molecule has 5 aromatic carbocycles. The summed E-state index contributed by atoms with van der Waals surface area (Å²) in [6.07, 6.45) is 0.894. The van der Waals surface area contributed by atoms with Gasteiger partial charge < -0.3 is 4.90 Å². The molecule has 0 aliphatic carbocycles. The maximum Gasteiger partial charge on any atom is 0.0496 e. The third-order valence-electron chi connectivity index (χ3n) is 6.10. The van der Waals surface area contributed by atoms with Crippen LogP contribution < -0.4 is 4.90 Å². The minimum absolute atomic E-state index is 0.894. The third kappa shape index (κ3) is 3.79. The Morgan fingerprint density at radius 3 is 2.03 bits per heavy atom. The Bertz CT molecular complexity index is 1530. The van der Waals surface area contributed by atoms with Crippen molar-refractivity contribution in [1.29, 1.82) is 0 Å². The average molecular weight is 442 g/mol. The number of hydrogen-bond donors (Lipinski definition) is 0. The number of para-hydroxylation sites is 2. The molecule has 0 spiro atoms. The van der Waals surface area contributed by atoms with E-state index in [1.165, 1.54) is 48.4 Å². The highest BCUT2D eigenvalue weighted by Crippen LogP contribution is 2.41. The van der Waals surface area contributed by atoms with Gasteiger partial charge in [0.15, 0.2) is 0 Å². The van der Waals surface area contributed by atoms with Crippen LogP contribution in [0.4, 0.5) is 17.1 Å². The normalized spacial score (nSPS) is 11.2. The maximum absolute atomic E-state index is 2.39. The first-order valence-electron chi connectivity index (χ1n) is 11.3. The van der Waals surface area contributed by atoms with Gasteiger partial charge in [-0.1, -0.05) is 91.0 Å². The van der Waals surface area contributed by atoms with Gasteiger partial charge in [0.2, 0.25) is 0 Å². The van der Waals surface area contributed by atoms with Crippen molar-refractivity contribution >= 4 is 48.6 Å². The first-order valence-corrected chi connectivity index (χ1v) is 12.1. The van der Waals surface area contributed by atoms with E-state index < -0.39 is 0 Å². The fraction of sp³-hybridized carbons (Fsp3) is 0.0323. The molecule has 0 saturated heterocycles. The summed E-state index contributed by atoms with van der Waals surface area (Å²) in [6, 6.07) is 45.7. The molecule has 6 aromatic rings. The second-order valence-corrected chi connectivity index (χ2v) is 9.32. The van der Waals surface area contributed by atoms with Crippen LogP contribution in [-0.4, -0.2) is 0 Å². The van der Waals surface area contributed by atoms with Gasteiger partial charge in [0.1, 0.15) is 0 Å². The lowest BCUT2D eigenvalue weighted by Gasteiger charge is -2.28. The molecule has 0 atom stereocenters. The van der Waals surface area contributed by atoms with Gasteiger partial charge in [-0.15, -0.1) is 11.3 Å². The molecule has 0 bridgehead atoms. The van der Waals surface area contributed by atoms with E-state index in [1.807, 2.05) is 11.3 Å². The fourth-order valence-corrected chi connectivity index (χ4v) is 5.69. The minimum atomic E-state index is 0.894. The van der Waals surface area contributed by atoms with Crippen LogP contribution in [0, 0.1) is 0 Å². The maximum atomic E-state index is 2.39. The molecule has 0 fully saturated rings. The number of anilines is 3. The molecule has 0 radical (unpaired) electrons. The molecule has 33 heavy (non-hydrogen) atoms. The average Bonchev–Trinajstić information content (AvgIpc) is 3.24. The van der Waals surface area contributed by atoms with Crippen LogP contribution in [-0.2, 0) is 6.42 Å². The van der Waals surface area contributed by atoms with E-state index in [9.17, 15) is 0 Å². The van der Waals surface area contributed by atoms with Crippen molar-refractivity contribution in [3.8, 4) is 0 Å². The minimum Gasteiger partial charge on any atom is -0.310 e. The number of benzene rings is 5. The molecule has 158 valence electrons. The Balaban J connectivity index is 1.52. The van der Waals surface area contributed by atoms with Gasteiger partial charge in [0, 0.05) is 37.2 Å². The second kappa shape index (κ2) is 8.57. The summed E-state index contributed by atoms with van der Waals surface area (Å²) in [5.74, 6) is 0. The highest BCUT2D eigenvalue weighted by Gasteiger charge is 2.17. The van der Waals surface area contributed by atoms with Gasteiger partial charge in [0.05, 0.1) is 0 Å². The monoisotopic (exact) mass is 441 g/mol. The standard InChI is InChI=1S/C31H23NS/c1-3-11-23(12-4-1)21-24-13-7-9-17-29(24)32(25-14-5-2-6-15-25)26-19-20-28-27-16-8-10-18-30(27)33-31(28)22-26/h1-20,22H,21H2. The number of nitrogens with zero attached hydrogens (tertiary/aromatic N) is 1. The molecule has 1 aromatic heterocycles. The van der Waals surface area contributed by atoms with Crippen molar-refractivity contribution < 1.29 is 0 Å². The summed E-state index contributed by atoms with van der Waals surface area (Å²) < 4.78 is 2.65. The van der Waals surface area contributed by atoms with Crippen LogP contribution in [0.15, 0.2) is 127 Å². The van der Waals surface area contributed by atoms with Crippen molar-refractivity contribution in [2.24, 2.45) is 0 Å². The topological polar surface area (TPSA) is 3.24 Å². The van der Waals surface area contributed by atoms with Crippen LogP contribution >= 0.6 is 11.3 Å². The molecule has 0 N–H and O–H groups in total. The fourth-order valence-electron chi connectivity index (χ4n) is 4.55. The molecular weight excluding hydrogens is 418 g/mol. The predicted octanol–water partition coefficient (Wildman–Crippen LogP) is 9.12. The summed E-state index contributed by atoms with van der Waals surface area (Å²) in [7, 11) is 0. The Labute approximate surface area is 198 Å². The molecule has 0 unspecified atom stereocenters. The summed E-state index contributed by atoms with van der Waals surface area (Å²) in [5, 5.41) is 2.66. The second-order valence-electron chi connectivity index (χ2n) is 8.24. The SMILES string of the molecule is c1ccc(Cc2ccccc2N(c2ccccc2)c2ccc3c(c2)sc2ccccc23)cc1. The lowest BCUT2D eigenvalue weighted by molar-refractivity contribution is 1.16. The predicted molar refractivity (Wildman–Crippen MR) is 143 cm³/mol. The van der Waals surface area contributed by atoms with Crippen molar-refractivity contribution in [2.45, 2.75) is 6.42 Å². The Morgan fingerprint density at radius 2 is 1.18 bits per heavy atom. The molecule has 6 rings (SSSR count). The zero-order valence-electron chi connectivity index (χ0n) is 18.2. The zero-order valence-corrected chi connectivity index (χ0v) is 19.0. The molecule has 0 amide bonds. The number of fused-ring (bicyclic) bond motifs is 3. The van der Waals surface area contributed by atoms with Crippen LogP contribution in [0.3, 0.4) is 0 Å². The van der Waals surface area contributed by atoms with Crippen molar-refractivity contribution in [3.05, 3.63) is 139 Å². The summed E-state index contributed by atoms with van der Waals surface area (Å²) in [4.78, 5) is 2.39. The van der Waals surface area contributed by atoms with Gasteiger partial charge in [-0.05, 0) is 53.9 Å². The summed E-state index contributed by atoms with van der Waals surface area (Å²) in [5.41, 5.74) is 6.19. The van der Waals surface area contributed by atoms with E-state index in [1.54, 1.807) is 0 Å². The largest absolute Gasteiger partial charge is 0.310 e. The van der Waals surface area contributed by atoms with Gasteiger partial charge in [-0.3, -0.25) is 0 Å². The smallest absolute Gasteiger partial charge is 0.0496 e. The molecule has 0 aliphatic rings. The van der Waals surface area contributed by atoms with Crippen LogP contribution in [0.5, 0.6) is 0 Å². The van der Waals surface area contributed by atoms with E-state index in [4.69, 9.17) is 0 Å². The Hall–Kier alpha value is -3.88. The van der Waals surface area contributed by atoms with Gasteiger partial charge in [-0.2, -0.15) is 0 Å². The van der Waals surface area contributed by atoms with E-state index >= 15 is 0 Å². The molecule has 1 heterocycles. The highest BCUT2D eigenvalue weighted by molar-refractivity contribution is 7.25. The number of hydrogen-bond acceptors (Lipinski definition) is 2. The number of rotatable bonds is 5. The quantitative estimate of drug-likeness (QED) is 0.258. The van der Waals surface area contributed by atoms with Crippen molar-refractivity contribution in [1.82, 2.24) is 0 Å². The first-order chi connectivity index (χ1) is 16.4. The Kier molecular flexibility index (Phi) is 5.14. The van der Waals surface area contributed by atoms with E-state index in [0.717, 1.165) is 6.42 Å². The molecular formula is C31H23NS. The number of thiophene rings is 1. The summed E-state index contributed by atoms with van der Waals surface area (Å²) in [6.45, 7) is 0. The van der Waals surface area contributed by atoms with E-state index in [0.29, 0.717) is 0 Å².